The molecule has 0 aliphatic heterocycles. The van der Waals surface area contributed by atoms with E-state index in [9.17, 15) is 13.2 Å². The molecular weight excluding hydrogens is 426 g/mol. The summed E-state index contributed by atoms with van der Waals surface area (Å²) < 4.78 is 30.0. The van der Waals surface area contributed by atoms with E-state index in [1.807, 2.05) is 38.1 Å². The second kappa shape index (κ2) is 9.07. The van der Waals surface area contributed by atoms with Crippen LogP contribution in [0.5, 0.6) is 0 Å². The SMILES string of the molecule is CC(C)OCC(=O)N(Cc1ccc2ccc(Cl)nc2c1)c1cccnc1S(C)(=O)=O. The Balaban J connectivity index is 2.04. The number of anilines is 1. The van der Waals surface area contributed by atoms with Crippen LogP contribution in [0, 0.1) is 0 Å². The Hall–Kier alpha value is -2.55. The highest BCUT2D eigenvalue weighted by atomic mass is 35.5. The number of aromatic nitrogens is 2. The van der Waals surface area contributed by atoms with E-state index in [4.69, 9.17) is 16.3 Å². The summed E-state index contributed by atoms with van der Waals surface area (Å²) in [5.41, 5.74) is 1.65. The number of benzene rings is 1. The average molecular weight is 448 g/mol. The van der Waals surface area contributed by atoms with Crippen molar-refractivity contribution in [1.29, 1.82) is 0 Å². The van der Waals surface area contributed by atoms with Gasteiger partial charge in [0.25, 0.3) is 5.91 Å². The second-order valence-corrected chi connectivity index (χ2v) is 9.42. The lowest BCUT2D eigenvalue weighted by Crippen LogP contribution is -2.35. The van der Waals surface area contributed by atoms with Crippen LogP contribution in [0.2, 0.25) is 5.15 Å². The van der Waals surface area contributed by atoms with Crippen molar-refractivity contribution in [1.82, 2.24) is 9.97 Å². The van der Waals surface area contributed by atoms with E-state index in [1.165, 1.54) is 11.1 Å². The topological polar surface area (TPSA) is 89.5 Å². The monoisotopic (exact) mass is 447 g/mol. The number of rotatable bonds is 7. The fourth-order valence-corrected chi connectivity index (χ4v) is 3.88. The minimum atomic E-state index is -3.65. The molecule has 3 aromatic rings. The Morgan fingerprint density at radius 1 is 1.20 bits per heavy atom. The summed E-state index contributed by atoms with van der Waals surface area (Å²) in [7, 11) is -3.65. The van der Waals surface area contributed by atoms with Crippen molar-refractivity contribution >= 4 is 43.9 Å². The number of carbonyl (C=O) groups excluding carboxylic acids is 1. The summed E-state index contributed by atoms with van der Waals surface area (Å²) in [4.78, 5) is 22.7. The summed E-state index contributed by atoms with van der Waals surface area (Å²) >= 11 is 6.00. The van der Waals surface area contributed by atoms with E-state index < -0.39 is 9.84 Å². The lowest BCUT2D eigenvalue weighted by atomic mass is 10.1. The first kappa shape index (κ1) is 22.1. The van der Waals surface area contributed by atoms with Crippen LogP contribution in [-0.4, -0.2) is 43.3 Å². The molecule has 9 heteroatoms. The van der Waals surface area contributed by atoms with Gasteiger partial charge in [-0.1, -0.05) is 23.7 Å². The lowest BCUT2D eigenvalue weighted by molar-refractivity contribution is -0.124. The number of ether oxygens (including phenoxy) is 1. The third-order valence-corrected chi connectivity index (χ3v) is 5.52. The molecule has 0 unspecified atom stereocenters. The smallest absolute Gasteiger partial charge is 0.253 e. The van der Waals surface area contributed by atoms with Gasteiger partial charge in [-0.2, -0.15) is 0 Å². The van der Waals surface area contributed by atoms with Crippen LogP contribution in [0.4, 0.5) is 5.69 Å². The summed E-state index contributed by atoms with van der Waals surface area (Å²) in [6.45, 7) is 3.58. The second-order valence-electron chi connectivity index (χ2n) is 7.10. The van der Waals surface area contributed by atoms with Crippen molar-refractivity contribution in [3.63, 3.8) is 0 Å². The van der Waals surface area contributed by atoms with Crippen molar-refractivity contribution in [3.8, 4) is 0 Å². The Bertz CT molecular complexity index is 1180. The van der Waals surface area contributed by atoms with Gasteiger partial charge in [0.15, 0.2) is 14.9 Å². The molecule has 2 aromatic heterocycles. The molecule has 0 N–H and O–H groups in total. The molecular formula is C21H22ClN3O4S. The van der Waals surface area contributed by atoms with Crippen LogP contribution in [-0.2, 0) is 25.9 Å². The zero-order valence-corrected chi connectivity index (χ0v) is 18.4. The molecule has 1 aromatic carbocycles. The third kappa shape index (κ3) is 5.33. The zero-order valence-electron chi connectivity index (χ0n) is 16.9. The Morgan fingerprint density at radius 3 is 2.63 bits per heavy atom. The average Bonchev–Trinajstić information content (AvgIpc) is 2.69. The van der Waals surface area contributed by atoms with E-state index in [2.05, 4.69) is 9.97 Å². The van der Waals surface area contributed by atoms with Crippen LogP contribution in [0.1, 0.15) is 19.4 Å². The Labute approximate surface area is 180 Å². The number of pyridine rings is 2. The van der Waals surface area contributed by atoms with Gasteiger partial charge in [-0.25, -0.2) is 18.4 Å². The van der Waals surface area contributed by atoms with Gasteiger partial charge in [-0.15, -0.1) is 0 Å². The first-order valence-corrected chi connectivity index (χ1v) is 11.5. The summed E-state index contributed by atoms with van der Waals surface area (Å²) in [6.07, 6.45) is 2.30. The van der Waals surface area contributed by atoms with Gasteiger partial charge in [0.05, 0.1) is 23.9 Å². The molecule has 0 saturated heterocycles. The first-order valence-electron chi connectivity index (χ1n) is 9.27. The highest BCUT2D eigenvalue weighted by Gasteiger charge is 2.25. The number of hydrogen-bond donors (Lipinski definition) is 0. The number of nitrogens with zero attached hydrogens (tertiary/aromatic N) is 3. The van der Waals surface area contributed by atoms with Crippen LogP contribution in [0.25, 0.3) is 10.9 Å². The molecule has 158 valence electrons. The van der Waals surface area contributed by atoms with Crippen molar-refractivity contribution in [2.24, 2.45) is 0 Å². The number of fused-ring (bicyclic) bond motifs is 1. The van der Waals surface area contributed by atoms with Crippen molar-refractivity contribution in [3.05, 3.63) is 59.4 Å². The van der Waals surface area contributed by atoms with Gasteiger partial charge < -0.3 is 9.64 Å². The molecule has 0 fully saturated rings. The Morgan fingerprint density at radius 2 is 1.93 bits per heavy atom. The molecule has 0 bridgehead atoms. The van der Waals surface area contributed by atoms with Gasteiger partial charge in [-0.3, -0.25) is 4.79 Å². The Kier molecular flexibility index (Phi) is 6.70. The molecule has 0 radical (unpaired) electrons. The van der Waals surface area contributed by atoms with Gasteiger partial charge >= 0.3 is 0 Å². The van der Waals surface area contributed by atoms with Gasteiger partial charge in [0.1, 0.15) is 11.8 Å². The number of sulfone groups is 1. The summed E-state index contributed by atoms with van der Waals surface area (Å²) in [6, 6.07) is 12.3. The number of amides is 1. The van der Waals surface area contributed by atoms with E-state index in [-0.39, 0.29) is 35.9 Å². The fraction of sp³-hybridized carbons (Fsp3) is 0.286. The molecule has 0 saturated carbocycles. The maximum Gasteiger partial charge on any atom is 0.253 e. The first-order chi connectivity index (χ1) is 14.1. The molecule has 0 aliphatic carbocycles. The molecule has 1 amide bonds. The fourth-order valence-electron chi connectivity index (χ4n) is 2.92. The number of carbonyl (C=O) groups is 1. The van der Waals surface area contributed by atoms with Crippen molar-refractivity contribution in [2.75, 3.05) is 17.8 Å². The zero-order chi connectivity index (χ0) is 21.9. The highest BCUT2D eigenvalue weighted by molar-refractivity contribution is 7.90. The normalized spacial score (nSPS) is 11.8. The molecule has 3 rings (SSSR count). The molecule has 7 nitrogen and oxygen atoms in total. The standard InChI is InChI=1S/C21H22ClN3O4S/c1-14(2)29-13-20(26)25(18-5-4-10-23-21(18)30(3,27)28)12-15-6-7-16-8-9-19(22)24-17(16)11-15/h4-11,14H,12-13H2,1-3H3. The summed E-state index contributed by atoms with van der Waals surface area (Å²) in [5, 5.41) is 1.11. The van der Waals surface area contributed by atoms with Crippen molar-refractivity contribution < 1.29 is 17.9 Å². The van der Waals surface area contributed by atoms with Crippen molar-refractivity contribution in [2.45, 2.75) is 31.5 Å². The van der Waals surface area contributed by atoms with E-state index in [0.717, 1.165) is 17.2 Å². The number of hydrogen-bond acceptors (Lipinski definition) is 6. The van der Waals surface area contributed by atoms with Crippen LogP contribution >= 0.6 is 11.6 Å². The maximum absolute atomic E-state index is 13.0. The summed E-state index contributed by atoms with van der Waals surface area (Å²) in [5.74, 6) is -0.374. The molecule has 30 heavy (non-hydrogen) atoms. The number of halogens is 1. The molecule has 2 heterocycles. The quantitative estimate of drug-likeness (QED) is 0.513. The van der Waals surface area contributed by atoms with E-state index in [1.54, 1.807) is 18.2 Å². The lowest BCUT2D eigenvalue weighted by Gasteiger charge is -2.25. The maximum atomic E-state index is 13.0. The third-order valence-electron chi connectivity index (χ3n) is 4.30. The van der Waals surface area contributed by atoms with E-state index >= 15 is 0 Å². The molecule has 0 spiro atoms. The van der Waals surface area contributed by atoms with Gasteiger partial charge in [0.2, 0.25) is 0 Å². The predicted octanol–water partition coefficient (Wildman–Crippen LogP) is 3.64. The highest BCUT2D eigenvalue weighted by Crippen LogP contribution is 2.26. The minimum Gasteiger partial charge on any atom is -0.369 e. The minimum absolute atomic E-state index is 0.124. The molecule has 0 aliphatic rings. The van der Waals surface area contributed by atoms with Crippen LogP contribution in [0.15, 0.2) is 53.7 Å². The molecule has 0 atom stereocenters. The largest absolute Gasteiger partial charge is 0.369 e. The van der Waals surface area contributed by atoms with Crippen LogP contribution in [0.3, 0.4) is 0 Å². The van der Waals surface area contributed by atoms with Gasteiger partial charge in [0, 0.05) is 17.8 Å². The van der Waals surface area contributed by atoms with E-state index in [0.29, 0.717) is 10.7 Å². The predicted molar refractivity (Wildman–Crippen MR) is 116 cm³/mol. The van der Waals surface area contributed by atoms with Crippen LogP contribution < -0.4 is 4.90 Å². The van der Waals surface area contributed by atoms with Gasteiger partial charge in [-0.05, 0) is 49.7 Å².